The molecule has 5 heteroatoms. The maximum atomic E-state index is 11.8. The third kappa shape index (κ3) is 3.48. The Labute approximate surface area is 98.3 Å². The van der Waals surface area contributed by atoms with Crippen LogP contribution in [0.1, 0.15) is 23.5 Å². The molecule has 0 aliphatic rings. The van der Waals surface area contributed by atoms with E-state index in [1.54, 1.807) is 32.3 Å². The highest BCUT2D eigenvalue weighted by Gasteiger charge is 2.22. The zero-order valence-corrected chi connectivity index (χ0v) is 10.5. The highest BCUT2D eigenvalue weighted by Crippen LogP contribution is 2.23. The molecule has 3 nitrogen and oxygen atoms in total. The zero-order valence-electron chi connectivity index (χ0n) is 8.95. The van der Waals surface area contributed by atoms with Gasteiger partial charge in [0.25, 0.3) is 5.91 Å². The lowest BCUT2D eigenvalue weighted by Crippen LogP contribution is -2.39. The van der Waals surface area contributed by atoms with Gasteiger partial charge in [-0.05, 0) is 25.3 Å². The van der Waals surface area contributed by atoms with Gasteiger partial charge in [0.2, 0.25) is 0 Å². The lowest BCUT2D eigenvalue weighted by atomic mass is 10.1. The van der Waals surface area contributed by atoms with Gasteiger partial charge in [0.05, 0.1) is 10.6 Å². The fourth-order valence-corrected chi connectivity index (χ4v) is 2.40. The van der Waals surface area contributed by atoms with Gasteiger partial charge in [-0.1, -0.05) is 11.6 Å². The van der Waals surface area contributed by atoms with Crippen LogP contribution in [0.2, 0.25) is 5.02 Å². The normalized spacial score (nSPS) is 11.5. The predicted octanol–water partition coefficient (Wildman–Crippen LogP) is 2.24. The third-order valence-corrected chi connectivity index (χ3v) is 3.11. The summed E-state index contributed by atoms with van der Waals surface area (Å²) in [5.41, 5.74) is -0.895. The molecule has 0 unspecified atom stereocenters. The summed E-state index contributed by atoms with van der Waals surface area (Å²) in [5, 5.41) is 11.8. The Kier molecular flexibility index (Phi) is 3.76. The molecule has 0 aliphatic carbocycles. The van der Waals surface area contributed by atoms with Crippen molar-refractivity contribution in [1.82, 2.24) is 4.90 Å². The maximum Gasteiger partial charge on any atom is 0.265 e. The molecule has 0 aliphatic heterocycles. The maximum absolute atomic E-state index is 11.8. The summed E-state index contributed by atoms with van der Waals surface area (Å²) in [6.45, 7) is 3.60. The molecule has 1 heterocycles. The van der Waals surface area contributed by atoms with Crippen molar-refractivity contribution in [2.45, 2.75) is 19.4 Å². The summed E-state index contributed by atoms with van der Waals surface area (Å²) in [7, 11) is 1.65. The van der Waals surface area contributed by atoms with Crippen LogP contribution in [0, 0.1) is 0 Å². The average molecular weight is 248 g/mol. The second-order valence-corrected chi connectivity index (χ2v) is 5.39. The van der Waals surface area contributed by atoms with E-state index >= 15 is 0 Å². The highest BCUT2D eigenvalue weighted by atomic mass is 35.5. The van der Waals surface area contributed by atoms with E-state index in [0.29, 0.717) is 9.90 Å². The Morgan fingerprint density at radius 2 is 2.27 bits per heavy atom. The first-order valence-corrected chi connectivity index (χ1v) is 5.78. The van der Waals surface area contributed by atoms with E-state index in [9.17, 15) is 9.90 Å². The van der Waals surface area contributed by atoms with Crippen LogP contribution in [-0.4, -0.2) is 35.1 Å². The number of hydrogen-bond donors (Lipinski definition) is 1. The highest BCUT2D eigenvalue weighted by molar-refractivity contribution is 7.12. The van der Waals surface area contributed by atoms with E-state index in [1.807, 2.05) is 0 Å². The van der Waals surface area contributed by atoms with Crippen molar-refractivity contribution in [2.75, 3.05) is 13.6 Å². The van der Waals surface area contributed by atoms with E-state index < -0.39 is 5.60 Å². The minimum atomic E-state index is -0.895. The number of hydrogen-bond acceptors (Lipinski definition) is 3. The number of likely N-dealkylation sites (N-methyl/N-ethyl adjacent to an activating group) is 1. The lowest BCUT2D eigenvalue weighted by Gasteiger charge is -2.25. The molecule has 1 amide bonds. The fraction of sp³-hybridized carbons (Fsp3) is 0.500. The molecule has 0 saturated heterocycles. The van der Waals surface area contributed by atoms with Crippen LogP contribution in [0.15, 0.2) is 11.4 Å². The van der Waals surface area contributed by atoms with Crippen molar-refractivity contribution < 1.29 is 9.90 Å². The van der Waals surface area contributed by atoms with Crippen LogP contribution in [0.5, 0.6) is 0 Å². The van der Waals surface area contributed by atoms with Gasteiger partial charge in [-0.25, -0.2) is 0 Å². The summed E-state index contributed by atoms with van der Waals surface area (Å²) < 4.78 is 0. The van der Waals surface area contributed by atoms with Crippen LogP contribution in [0.4, 0.5) is 0 Å². The minimum Gasteiger partial charge on any atom is -0.389 e. The quantitative estimate of drug-likeness (QED) is 0.890. The van der Waals surface area contributed by atoms with Crippen molar-refractivity contribution in [1.29, 1.82) is 0 Å². The van der Waals surface area contributed by atoms with E-state index in [2.05, 4.69) is 0 Å². The largest absolute Gasteiger partial charge is 0.389 e. The molecule has 1 rings (SSSR count). The number of carbonyl (C=O) groups excluding carboxylic acids is 1. The lowest BCUT2D eigenvalue weighted by molar-refractivity contribution is 0.0370. The van der Waals surface area contributed by atoms with Gasteiger partial charge < -0.3 is 10.0 Å². The van der Waals surface area contributed by atoms with E-state index in [4.69, 9.17) is 11.6 Å². The number of halogens is 1. The summed E-state index contributed by atoms with van der Waals surface area (Å²) in [6, 6.07) is 1.69. The summed E-state index contributed by atoms with van der Waals surface area (Å²) >= 11 is 7.16. The Morgan fingerprint density at radius 3 is 2.67 bits per heavy atom. The van der Waals surface area contributed by atoms with Crippen LogP contribution < -0.4 is 0 Å². The van der Waals surface area contributed by atoms with Crippen LogP contribution in [0.25, 0.3) is 0 Å². The molecule has 1 N–H and O–H groups in total. The monoisotopic (exact) mass is 247 g/mol. The molecule has 0 atom stereocenters. The second-order valence-electron chi connectivity index (χ2n) is 4.07. The van der Waals surface area contributed by atoms with E-state index in [0.717, 1.165) is 0 Å². The number of aliphatic hydroxyl groups is 1. The molecule has 0 radical (unpaired) electrons. The molecule has 1 aromatic rings. The molecule has 84 valence electrons. The summed E-state index contributed by atoms with van der Waals surface area (Å²) in [5.74, 6) is -0.155. The first kappa shape index (κ1) is 12.5. The number of thiophene rings is 1. The minimum absolute atomic E-state index is 0.155. The first-order chi connectivity index (χ1) is 6.81. The van der Waals surface area contributed by atoms with Gasteiger partial charge in [0.1, 0.15) is 4.88 Å². The van der Waals surface area contributed by atoms with Gasteiger partial charge in [0, 0.05) is 13.6 Å². The molecule has 1 aromatic heterocycles. The van der Waals surface area contributed by atoms with Crippen molar-refractivity contribution in [3.63, 3.8) is 0 Å². The first-order valence-electron chi connectivity index (χ1n) is 4.52. The van der Waals surface area contributed by atoms with Crippen molar-refractivity contribution in [3.8, 4) is 0 Å². The number of rotatable bonds is 3. The van der Waals surface area contributed by atoms with Crippen molar-refractivity contribution in [3.05, 3.63) is 21.3 Å². The van der Waals surface area contributed by atoms with Crippen molar-refractivity contribution in [2.24, 2.45) is 0 Å². The third-order valence-electron chi connectivity index (χ3n) is 1.78. The standard InChI is InChI=1S/C10H14ClNO2S/c1-10(2,14)6-12(3)9(13)8-7(11)4-5-15-8/h4-5,14H,6H2,1-3H3. The molecule has 0 saturated carbocycles. The average Bonchev–Trinajstić information content (AvgIpc) is 2.47. The Hall–Kier alpha value is -0.580. The number of amides is 1. The smallest absolute Gasteiger partial charge is 0.265 e. The zero-order chi connectivity index (χ0) is 11.6. The Bertz CT molecular complexity index is 357. The van der Waals surface area contributed by atoms with Crippen LogP contribution >= 0.6 is 22.9 Å². The topological polar surface area (TPSA) is 40.5 Å². The van der Waals surface area contributed by atoms with E-state index in [1.165, 1.54) is 16.2 Å². The fourth-order valence-electron chi connectivity index (χ4n) is 1.27. The second kappa shape index (κ2) is 4.51. The van der Waals surface area contributed by atoms with Crippen LogP contribution in [0.3, 0.4) is 0 Å². The van der Waals surface area contributed by atoms with E-state index in [-0.39, 0.29) is 12.5 Å². The predicted molar refractivity (Wildman–Crippen MR) is 62.6 cm³/mol. The Balaban J connectivity index is 2.74. The summed E-state index contributed by atoms with van der Waals surface area (Å²) in [6.07, 6.45) is 0. The van der Waals surface area contributed by atoms with Crippen LogP contribution in [-0.2, 0) is 0 Å². The molecular formula is C10H14ClNO2S. The van der Waals surface area contributed by atoms with Gasteiger partial charge in [-0.2, -0.15) is 0 Å². The SMILES string of the molecule is CN(CC(C)(C)O)C(=O)c1sccc1Cl. The van der Waals surface area contributed by atoms with Gasteiger partial charge in [0.15, 0.2) is 0 Å². The number of carbonyl (C=O) groups is 1. The van der Waals surface area contributed by atoms with Gasteiger partial charge in [-0.3, -0.25) is 4.79 Å². The molecular weight excluding hydrogens is 234 g/mol. The molecule has 15 heavy (non-hydrogen) atoms. The molecule has 0 spiro atoms. The number of nitrogens with zero attached hydrogens (tertiary/aromatic N) is 1. The van der Waals surface area contributed by atoms with Gasteiger partial charge in [-0.15, -0.1) is 11.3 Å². The molecule has 0 bridgehead atoms. The molecule has 0 fully saturated rings. The Morgan fingerprint density at radius 1 is 1.67 bits per heavy atom. The van der Waals surface area contributed by atoms with Gasteiger partial charge >= 0.3 is 0 Å². The summed E-state index contributed by atoms with van der Waals surface area (Å²) in [4.78, 5) is 13.8. The molecule has 0 aromatic carbocycles. The van der Waals surface area contributed by atoms with Crippen molar-refractivity contribution >= 4 is 28.8 Å².